The van der Waals surface area contributed by atoms with E-state index in [1.807, 2.05) is 0 Å². The molecule has 2 rings (SSSR count). The number of aromatic nitrogens is 2. The fourth-order valence-electron chi connectivity index (χ4n) is 1.36. The van der Waals surface area contributed by atoms with Crippen LogP contribution >= 0.6 is 11.6 Å². The minimum Gasteiger partial charge on any atom is -0.452 e. The monoisotopic (exact) mass is 238 g/mol. The average molecular weight is 239 g/mol. The molecular formula is C11H11ClN2O2. The molecule has 0 fully saturated rings. The van der Waals surface area contributed by atoms with Gasteiger partial charge in [-0.1, -0.05) is 23.7 Å². The highest BCUT2D eigenvalue weighted by Crippen LogP contribution is 2.32. The van der Waals surface area contributed by atoms with Crippen LogP contribution < -0.4 is 4.74 Å². The van der Waals surface area contributed by atoms with E-state index < -0.39 is 0 Å². The summed E-state index contributed by atoms with van der Waals surface area (Å²) in [6.07, 6.45) is 3.31. The van der Waals surface area contributed by atoms with Crippen molar-refractivity contribution in [2.45, 2.75) is 6.61 Å². The molecule has 0 radical (unpaired) electrons. The van der Waals surface area contributed by atoms with Gasteiger partial charge in [0.2, 0.25) is 0 Å². The predicted octanol–water partition coefficient (Wildman–Crippen LogP) is 2.36. The van der Waals surface area contributed by atoms with Gasteiger partial charge in [-0.3, -0.25) is 4.68 Å². The number of benzene rings is 1. The SMILES string of the molecule is Cn1cc(Oc2c(Cl)cccc2CO)cn1. The lowest BCUT2D eigenvalue weighted by atomic mass is 10.2. The van der Waals surface area contributed by atoms with Crippen molar-refractivity contribution in [1.29, 1.82) is 0 Å². The smallest absolute Gasteiger partial charge is 0.165 e. The standard InChI is InChI=1S/C11H11ClN2O2/c1-14-6-9(5-13-14)16-11-8(7-15)3-2-4-10(11)12/h2-6,15H,7H2,1H3. The van der Waals surface area contributed by atoms with E-state index in [0.717, 1.165) is 0 Å². The van der Waals surface area contributed by atoms with Crippen molar-refractivity contribution in [3.8, 4) is 11.5 Å². The number of para-hydroxylation sites is 1. The maximum absolute atomic E-state index is 9.17. The molecule has 1 N–H and O–H groups in total. The second-order valence-corrected chi connectivity index (χ2v) is 3.75. The normalized spacial score (nSPS) is 10.4. The van der Waals surface area contributed by atoms with Gasteiger partial charge in [0.05, 0.1) is 24.0 Å². The summed E-state index contributed by atoms with van der Waals surface area (Å²) in [7, 11) is 1.80. The fourth-order valence-corrected chi connectivity index (χ4v) is 1.59. The third-order valence-electron chi connectivity index (χ3n) is 2.12. The highest BCUT2D eigenvalue weighted by atomic mass is 35.5. The Morgan fingerprint density at radius 2 is 2.31 bits per heavy atom. The maximum atomic E-state index is 9.17. The second-order valence-electron chi connectivity index (χ2n) is 3.34. The van der Waals surface area contributed by atoms with Crippen LogP contribution in [-0.2, 0) is 13.7 Å². The quantitative estimate of drug-likeness (QED) is 0.893. The minimum atomic E-state index is -0.115. The van der Waals surface area contributed by atoms with Crippen molar-refractivity contribution >= 4 is 11.6 Å². The van der Waals surface area contributed by atoms with Gasteiger partial charge in [-0.25, -0.2) is 0 Å². The zero-order valence-electron chi connectivity index (χ0n) is 8.72. The van der Waals surface area contributed by atoms with Crippen molar-refractivity contribution in [1.82, 2.24) is 9.78 Å². The van der Waals surface area contributed by atoms with Crippen LogP contribution in [0.4, 0.5) is 0 Å². The molecule has 4 nitrogen and oxygen atoms in total. The van der Waals surface area contributed by atoms with E-state index >= 15 is 0 Å². The Labute approximate surface area is 98.0 Å². The highest BCUT2D eigenvalue weighted by molar-refractivity contribution is 6.32. The van der Waals surface area contributed by atoms with Gasteiger partial charge in [-0.05, 0) is 6.07 Å². The second kappa shape index (κ2) is 4.55. The van der Waals surface area contributed by atoms with E-state index in [2.05, 4.69) is 5.10 Å². The van der Waals surface area contributed by atoms with E-state index in [-0.39, 0.29) is 6.61 Å². The lowest BCUT2D eigenvalue weighted by Gasteiger charge is -2.09. The molecule has 0 spiro atoms. The van der Waals surface area contributed by atoms with E-state index in [1.165, 1.54) is 0 Å². The summed E-state index contributed by atoms with van der Waals surface area (Å²) in [5, 5.41) is 13.6. The zero-order valence-corrected chi connectivity index (χ0v) is 9.48. The Bertz CT molecular complexity index is 496. The molecule has 0 saturated carbocycles. The van der Waals surface area contributed by atoms with Crippen LogP contribution in [0.3, 0.4) is 0 Å². The molecule has 2 aromatic rings. The number of aryl methyl sites for hydroxylation is 1. The molecule has 5 heteroatoms. The molecule has 1 heterocycles. The topological polar surface area (TPSA) is 47.3 Å². The third-order valence-corrected chi connectivity index (χ3v) is 2.42. The van der Waals surface area contributed by atoms with Crippen LogP contribution in [0, 0.1) is 0 Å². The van der Waals surface area contributed by atoms with Crippen molar-refractivity contribution < 1.29 is 9.84 Å². The number of hydrogen-bond acceptors (Lipinski definition) is 3. The number of aliphatic hydroxyl groups is 1. The van der Waals surface area contributed by atoms with Gasteiger partial charge in [0.1, 0.15) is 0 Å². The third kappa shape index (κ3) is 2.18. The lowest BCUT2D eigenvalue weighted by Crippen LogP contribution is -1.92. The number of halogens is 1. The molecule has 0 bridgehead atoms. The molecule has 0 saturated heterocycles. The average Bonchev–Trinajstić information content (AvgIpc) is 2.67. The number of rotatable bonds is 3. The number of aliphatic hydroxyl groups excluding tert-OH is 1. The zero-order chi connectivity index (χ0) is 11.5. The number of hydrogen-bond donors (Lipinski definition) is 1. The summed E-state index contributed by atoms with van der Waals surface area (Å²) in [5.74, 6) is 1.06. The van der Waals surface area contributed by atoms with E-state index in [0.29, 0.717) is 22.1 Å². The Morgan fingerprint density at radius 1 is 1.50 bits per heavy atom. The van der Waals surface area contributed by atoms with Gasteiger partial charge in [-0.15, -0.1) is 0 Å². The van der Waals surface area contributed by atoms with Gasteiger partial charge in [0, 0.05) is 12.6 Å². The van der Waals surface area contributed by atoms with E-state index in [4.69, 9.17) is 21.4 Å². The predicted molar refractivity (Wildman–Crippen MR) is 60.7 cm³/mol. The molecule has 16 heavy (non-hydrogen) atoms. The number of ether oxygens (including phenoxy) is 1. The van der Waals surface area contributed by atoms with Gasteiger partial charge in [0.15, 0.2) is 11.5 Å². The fraction of sp³-hybridized carbons (Fsp3) is 0.182. The molecule has 0 unspecified atom stereocenters. The summed E-state index contributed by atoms with van der Waals surface area (Å²) >= 11 is 6.00. The van der Waals surface area contributed by atoms with Crippen molar-refractivity contribution in [2.24, 2.45) is 7.05 Å². The van der Waals surface area contributed by atoms with Crippen molar-refractivity contribution in [3.63, 3.8) is 0 Å². The van der Waals surface area contributed by atoms with Crippen LogP contribution in [0.1, 0.15) is 5.56 Å². The first-order valence-corrected chi connectivity index (χ1v) is 5.13. The van der Waals surface area contributed by atoms with E-state index in [9.17, 15) is 0 Å². The Hall–Kier alpha value is -1.52. The van der Waals surface area contributed by atoms with Crippen molar-refractivity contribution in [3.05, 3.63) is 41.2 Å². The Morgan fingerprint density at radius 3 is 2.94 bits per heavy atom. The van der Waals surface area contributed by atoms with Crippen molar-refractivity contribution in [2.75, 3.05) is 0 Å². The Kier molecular flexibility index (Phi) is 3.12. The first-order chi connectivity index (χ1) is 7.70. The summed E-state index contributed by atoms with van der Waals surface area (Å²) in [6, 6.07) is 5.24. The van der Waals surface area contributed by atoms with Crippen LogP contribution in [-0.4, -0.2) is 14.9 Å². The van der Waals surface area contributed by atoms with Crippen LogP contribution in [0.25, 0.3) is 0 Å². The highest BCUT2D eigenvalue weighted by Gasteiger charge is 2.09. The molecule has 84 valence electrons. The van der Waals surface area contributed by atoms with Gasteiger partial charge >= 0.3 is 0 Å². The maximum Gasteiger partial charge on any atom is 0.165 e. The first kappa shape index (κ1) is 11.0. The molecule has 1 aromatic heterocycles. The molecule has 1 aromatic carbocycles. The number of nitrogens with zero attached hydrogens (tertiary/aromatic N) is 2. The van der Waals surface area contributed by atoms with Gasteiger partial charge in [-0.2, -0.15) is 5.10 Å². The molecular weight excluding hydrogens is 228 g/mol. The van der Waals surface area contributed by atoms with Gasteiger partial charge < -0.3 is 9.84 Å². The Balaban J connectivity index is 2.33. The summed E-state index contributed by atoms with van der Waals surface area (Å²) in [5.41, 5.74) is 0.649. The summed E-state index contributed by atoms with van der Waals surface area (Å²) < 4.78 is 7.21. The molecule has 0 aliphatic rings. The summed E-state index contributed by atoms with van der Waals surface area (Å²) in [6.45, 7) is -0.115. The van der Waals surface area contributed by atoms with Crippen LogP contribution in [0.2, 0.25) is 5.02 Å². The molecule has 0 atom stereocenters. The molecule has 0 aliphatic carbocycles. The molecule has 0 amide bonds. The molecule has 0 aliphatic heterocycles. The van der Waals surface area contributed by atoms with Gasteiger partial charge in [0.25, 0.3) is 0 Å². The lowest BCUT2D eigenvalue weighted by molar-refractivity contribution is 0.276. The van der Waals surface area contributed by atoms with Crippen LogP contribution in [0.15, 0.2) is 30.6 Å². The minimum absolute atomic E-state index is 0.115. The summed E-state index contributed by atoms with van der Waals surface area (Å²) in [4.78, 5) is 0. The van der Waals surface area contributed by atoms with Crippen LogP contribution in [0.5, 0.6) is 11.5 Å². The first-order valence-electron chi connectivity index (χ1n) is 4.75. The largest absolute Gasteiger partial charge is 0.452 e. The van der Waals surface area contributed by atoms with E-state index in [1.54, 1.807) is 42.3 Å².